The summed E-state index contributed by atoms with van der Waals surface area (Å²) < 4.78 is 1.73. The quantitative estimate of drug-likeness (QED) is 0.857. The second-order valence-electron chi connectivity index (χ2n) is 4.29. The Morgan fingerprint density at radius 1 is 1.42 bits per heavy atom. The predicted octanol–water partition coefficient (Wildman–Crippen LogP) is 1.14. The first kappa shape index (κ1) is 13.0. The van der Waals surface area contributed by atoms with E-state index < -0.39 is 5.97 Å². The minimum Gasteiger partial charge on any atom is -0.477 e. The molecule has 0 aliphatic carbocycles. The molecule has 2 heterocycles. The average molecular weight is 261 g/mol. The Morgan fingerprint density at radius 2 is 2.16 bits per heavy atom. The van der Waals surface area contributed by atoms with Gasteiger partial charge in [0.1, 0.15) is 0 Å². The number of aryl methyl sites for hydroxylation is 3. The summed E-state index contributed by atoms with van der Waals surface area (Å²) in [5, 5.41) is 16.2. The van der Waals surface area contributed by atoms with Gasteiger partial charge in [0, 0.05) is 31.0 Å². The number of hydrogen-bond acceptors (Lipinski definition) is 5. The smallest absolute Gasteiger partial charge is 0.354 e. The van der Waals surface area contributed by atoms with Crippen molar-refractivity contribution in [3.63, 3.8) is 0 Å². The molecule has 2 aromatic heterocycles. The van der Waals surface area contributed by atoms with Crippen LogP contribution < -0.4 is 5.32 Å². The first-order valence-corrected chi connectivity index (χ1v) is 5.77. The van der Waals surface area contributed by atoms with Crippen LogP contribution in [0, 0.1) is 13.8 Å². The van der Waals surface area contributed by atoms with Crippen molar-refractivity contribution in [2.45, 2.75) is 20.4 Å². The molecule has 0 atom stereocenters. The topological polar surface area (TPSA) is 92.9 Å². The number of nitrogens with zero attached hydrogens (tertiary/aromatic N) is 4. The van der Waals surface area contributed by atoms with E-state index in [2.05, 4.69) is 20.4 Å². The summed E-state index contributed by atoms with van der Waals surface area (Å²) in [5.41, 5.74) is 2.53. The molecule has 0 aliphatic rings. The van der Waals surface area contributed by atoms with Crippen LogP contribution in [0.4, 0.5) is 5.95 Å². The van der Waals surface area contributed by atoms with Crippen LogP contribution in [0.5, 0.6) is 0 Å². The van der Waals surface area contributed by atoms with Crippen LogP contribution in [0.3, 0.4) is 0 Å². The molecular formula is C12H15N5O2. The van der Waals surface area contributed by atoms with Crippen molar-refractivity contribution in [1.82, 2.24) is 19.7 Å². The molecule has 0 aliphatic heterocycles. The maximum atomic E-state index is 10.9. The highest BCUT2D eigenvalue weighted by Crippen LogP contribution is 2.09. The zero-order chi connectivity index (χ0) is 14.0. The van der Waals surface area contributed by atoms with E-state index in [9.17, 15) is 4.79 Å². The zero-order valence-electron chi connectivity index (χ0n) is 11.0. The van der Waals surface area contributed by atoms with Gasteiger partial charge in [-0.1, -0.05) is 0 Å². The number of aromatic carboxylic acids is 1. The van der Waals surface area contributed by atoms with Gasteiger partial charge in [0.2, 0.25) is 5.95 Å². The molecule has 19 heavy (non-hydrogen) atoms. The van der Waals surface area contributed by atoms with Crippen LogP contribution in [0.15, 0.2) is 12.3 Å². The first-order chi connectivity index (χ1) is 8.95. The Labute approximate surface area is 110 Å². The van der Waals surface area contributed by atoms with Crippen molar-refractivity contribution in [2.75, 3.05) is 5.32 Å². The summed E-state index contributed by atoms with van der Waals surface area (Å²) in [4.78, 5) is 19.0. The van der Waals surface area contributed by atoms with Gasteiger partial charge in [-0.25, -0.2) is 14.8 Å². The van der Waals surface area contributed by atoms with Gasteiger partial charge in [0.15, 0.2) is 5.69 Å². The number of carboxylic acids is 1. The molecule has 0 radical (unpaired) electrons. The van der Waals surface area contributed by atoms with E-state index in [0.29, 0.717) is 18.2 Å². The molecule has 2 rings (SSSR count). The van der Waals surface area contributed by atoms with E-state index in [4.69, 9.17) is 5.11 Å². The number of anilines is 1. The van der Waals surface area contributed by atoms with Gasteiger partial charge >= 0.3 is 5.97 Å². The third-order valence-electron chi connectivity index (χ3n) is 2.63. The number of hydrogen-bond donors (Lipinski definition) is 2. The van der Waals surface area contributed by atoms with Crippen molar-refractivity contribution >= 4 is 11.9 Å². The fourth-order valence-corrected chi connectivity index (χ4v) is 1.75. The van der Waals surface area contributed by atoms with Crippen LogP contribution in [-0.2, 0) is 13.6 Å². The Bertz CT molecular complexity index is 621. The second-order valence-corrected chi connectivity index (χ2v) is 4.29. The molecule has 0 unspecified atom stereocenters. The number of rotatable bonds is 4. The Morgan fingerprint density at radius 3 is 2.74 bits per heavy atom. The standard InChI is InChI=1S/C12H15N5O2/c1-7-4-10(11(18)19)15-12(14-7)13-5-9-6-17(3)16-8(9)2/h4,6H,5H2,1-3H3,(H,18,19)(H,13,14,15). The van der Waals surface area contributed by atoms with Gasteiger partial charge in [-0.3, -0.25) is 4.68 Å². The lowest BCUT2D eigenvalue weighted by molar-refractivity contribution is 0.0690. The average Bonchev–Trinajstić information content (AvgIpc) is 2.64. The van der Waals surface area contributed by atoms with Gasteiger partial charge in [-0.05, 0) is 19.9 Å². The second kappa shape index (κ2) is 5.05. The molecular weight excluding hydrogens is 246 g/mol. The van der Waals surface area contributed by atoms with Crippen LogP contribution >= 0.6 is 0 Å². The van der Waals surface area contributed by atoms with Gasteiger partial charge in [0.25, 0.3) is 0 Å². The molecule has 0 saturated carbocycles. The summed E-state index contributed by atoms with van der Waals surface area (Å²) in [6, 6.07) is 1.43. The first-order valence-electron chi connectivity index (χ1n) is 5.77. The van der Waals surface area contributed by atoms with Crippen molar-refractivity contribution < 1.29 is 9.90 Å². The molecule has 100 valence electrons. The van der Waals surface area contributed by atoms with Gasteiger partial charge in [-0.15, -0.1) is 0 Å². The fraction of sp³-hybridized carbons (Fsp3) is 0.333. The van der Waals surface area contributed by atoms with E-state index in [-0.39, 0.29) is 5.69 Å². The van der Waals surface area contributed by atoms with E-state index in [1.165, 1.54) is 6.07 Å². The molecule has 0 spiro atoms. The van der Waals surface area contributed by atoms with E-state index in [1.54, 1.807) is 11.6 Å². The third-order valence-corrected chi connectivity index (χ3v) is 2.63. The molecule has 2 aromatic rings. The minimum absolute atomic E-state index is 0.0158. The lowest BCUT2D eigenvalue weighted by Crippen LogP contribution is -2.09. The van der Waals surface area contributed by atoms with Crippen molar-refractivity contribution in [2.24, 2.45) is 7.05 Å². The third kappa shape index (κ3) is 3.06. The maximum absolute atomic E-state index is 10.9. The predicted molar refractivity (Wildman–Crippen MR) is 69.0 cm³/mol. The summed E-state index contributed by atoms with van der Waals surface area (Å²) in [6.07, 6.45) is 1.90. The Hall–Kier alpha value is -2.44. The maximum Gasteiger partial charge on any atom is 0.354 e. The normalized spacial score (nSPS) is 10.5. The number of nitrogens with one attached hydrogen (secondary N) is 1. The molecule has 0 saturated heterocycles. The molecule has 0 fully saturated rings. The zero-order valence-corrected chi connectivity index (χ0v) is 11.0. The van der Waals surface area contributed by atoms with Gasteiger partial charge in [0.05, 0.1) is 5.69 Å². The highest BCUT2D eigenvalue weighted by molar-refractivity contribution is 5.85. The molecule has 0 bridgehead atoms. The summed E-state index contributed by atoms with van der Waals surface area (Å²) >= 11 is 0. The lowest BCUT2D eigenvalue weighted by atomic mass is 10.2. The summed E-state index contributed by atoms with van der Waals surface area (Å²) in [6.45, 7) is 4.15. The van der Waals surface area contributed by atoms with Gasteiger partial charge < -0.3 is 10.4 Å². The number of aromatic nitrogens is 4. The highest BCUT2D eigenvalue weighted by atomic mass is 16.4. The molecule has 0 amide bonds. The van der Waals surface area contributed by atoms with Crippen LogP contribution in [0.25, 0.3) is 0 Å². The Balaban J connectivity index is 2.15. The monoisotopic (exact) mass is 261 g/mol. The van der Waals surface area contributed by atoms with Crippen molar-refractivity contribution in [3.05, 3.63) is 34.9 Å². The summed E-state index contributed by atoms with van der Waals surface area (Å²) in [5.74, 6) is -0.758. The molecule has 2 N–H and O–H groups in total. The minimum atomic E-state index is -1.06. The Kier molecular flexibility index (Phi) is 3.46. The van der Waals surface area contributed by atoms with Crippen LogP contribution in [0.1, 0.15) is 27.4 Å². The van der Waals surface area contributed by atoms with E-state index in [1.807, 2.05) is 20.2 Å². The van der Waals surface area contributed by atoms with Crippen molar-refractivity contribution in [1.29, 1.82) is 0 Å². The number of carbonyl (C=O) groups is 1. The lowest BCUT2D eigenvalue weighted by Gasteiger charge is -2.05. The van der Waals surface area contributed by atoms with E-state index in [0.717, 1.165) is 11.3 Å². The number of carboxylic acid groups (broad SMARTS) is 1. The SMILES string of the molecule is Cc1cc(C(=O)O)nc(NCc2cn(C)nc2C)n1. The summed E-state index contributed by atoms with van der Waals surface area (Å²) in [7, 11) is 1.85. The van der Waals surface area contributed by atoms with Crippen molar-refractivity contribution in [3.8, 4) is 0 Å². The molecule has 0 aromatic carbocycles. The fourth-order valence-electron chi connectivity index (χ4n) is 1.75. The van der Waals surface area contributed by atoms with E-state index >= 15 is 0 Å². The van der Waals surface area contributed by atoms with Crippen LogP contribution in [0.2, 0.25) is 0 Å². The largest absolute Gasteiger partial charge is 0.477 e. The van der Waals surface area contributed by atoms with Crippen LogP contribution in [-0.4, -0.2) is 30.8 Å². The molecule has 7 heteroatoms. The molecule has 7 nitrogen and oxygen atoms in total. The van der Waals surface area contributed by atoms with Gasteiger partial charge in [-0.2, -0.15) is 5.10 Å². The highest BCUT2D eigenvalue weighted by Gasteiger charge is 2.09.